The molecular weight excluding hydrogens is 178 g/mol. The van der Waals surface area contributed by atoms with Crippen molar-refractivity contribution in [2.75, 3.05) is 0 Å². The summed E-state index contributed by atoms with van der Waals surface area (Å²) >= 11 is 0. The van der Waals surface area contributed by atoms with Gasteiger partial charge >= 0.3 is 0 Å². The van der Waals surface area contributed by atoms with Crippen LogP contribution in [0.4, 0.5) is 0 Å². The molecule has 0 aromatic rings. The van der Waals surface area contributed by atoms with E-state index < -0.39 is 0 Å². The van der Waals surface area contributed by atoms with E-state index in [0.29, 0.717) is 0 Å². The lowest BCUT2D eigenvalue weighted by molar-refractivity contribution is -0.215. The number of rotatable bonds is 7. The summed E-state index contributed by atoms with van der Waals surface area (Å²) in [5, 5.41) is 12.5. The predicted molar refractivity (Wildman–Crippen MR) is 59.6 cm³/mol. The molecule has 1 unspecified atom stereocenters. The quantitative estimate of drug-likeness (QED) is 0.593. The molecule has 0 amide bonds. The molecule has 0 fully saturated rings. The number of hydroxylamine groups is 2. The summed E-state index contributed by atoms with van der Waals surface area (Å²) < 4.78 is 0. The Balaban J connectivity index is 4.10. The van der Waals surface area contributed by atoms with Crippen LogP contribution in [-0.2, 0) is 4.84 Å². The minimum absolute atomic E-state index is 0.0231. The Hall–Kier alpha value is -0.120. The van der Waals surface area contributed by atoms with Crippen LogP contribution in [0.5, 0.6) is 0 Å². The second-order valence-electron chi connectivity index (χ2n) is 4.17. The van der Waals surface area contributed by atoms with E-state index in [1.165, 1.54) is 0 Å². The van der Waals surface area contributed by atoms with E-state index in [0.717, 1.165) is 30.9 Å². The summed E-state index contributed by atoms with van der Waals surface area (Å²) in [6.45, 7) is 10.0. The highest BCUT2D eigenvalue weighted by Crippen LogP contribution is 2.23. The topological polar surface area (TPSA) is 35.5 Å². The minimum atomic E-state index is -0.373. The van der Waals surface area contributed by atoms with E-state index in [4.69, 9.17) is 4.84 Å². The molecule has 0 saturated carbocycles. The van der Waals surface area contributed by atoms with Crippen LogP contribution in [0.1, 0.15) is 60.3 Å². The Morgan fingerprint density at radius 3 is 2.14 bits per heavy atom. The first-order valence-electron chi connectivity index (χ1n) is 5.64. The molecule has 0 rings (SSSR count). The first-order valence-corrected chi connectivity index (χ1v) is 5.64. The van der Waals surface area contributed by atoms with Crippen LogP contribution < -0.4 is 0 Å². The van der Waals surface area contributed by atoms with Gasteiger partial charge in [-0.05, 0) is 33.1 Å². The zero-order valence-electron chi connectivity index (χ0n) is 10.2. The van der Waals surface area contributed by atoms with Crippen LogP contribution in [0.2, 0.25) is 0 Å². The van der Waals surface area contributed by atoms with E-state index in [-0.39, 0.29) is 11.6 Å². The molecule has 1 atom stereocenters. The third-order valence-electron chi connectivity index (χ3n) is 2.93. The molecule has 0 spiro atoms. The summed E-state index contributed by atoms with van der Waals surface area (Å²) in [7, 11) is 0. The molecule has 0 aliphatic rings. The van der Waals surface area contributed by atoms with Gasteiger partial charge in [-0.1, -0.05) is 27.2 Å². The van der Waals surface area contributed by atoms with Crippen molar-refractivity contribution >= 4 is 0 Å². The first kappa shape index (κ1) is 13.9. The maximum absolute atomic E-state index is 11.7. The van der Waals surface area contributed by atoms with Crippen molar-refractivity contribution in [3.8, 4) is 0 Å². The summed E-state index contributed by atoms with van der Waals surface area (Å²) in [5.74, 6) is 0. The Kier molecular flexibility index (Phi) is 6.33. The minimum Gasteiger partial charge on any atom is -0.762 e. The lowest BCUT2D eigenvalue weighted by Gasteiger charge is -2.45. The zero-order chi connectivity index (χ0) is 11.2. The standard InChI is InChI=1S/C11H24NO2/c1-6-9-10(4)14-12(13)11(5,7-2)8-3/h10H,6-9H2,1-5H3/q-1. The number of hydrogen-bond acceptors (Lipinski definition) is 3. The third kappa shape index (κ3) is 3.95. The molecule has 0 aromatic heterocycles. The number of hydrogen-bond donors (Lipinski definition) is 0. The van der Waals surface area contributed by atoms with E-state index >= 15 is 0 Å². The van der Waals surface area contributed by atoms with Gasteiger partial charge in [-0.15, -0.1) is 0 Å². The molecule has 0 aliphatic heterocycles. The van der Waals surface area contributed by atoms with Crippen molar-refractivity contribution < 1.29 is 4.84 Å². The molecule has 0 radical (unpaired) electrons. The highest BCUT2D eigenvalue weighted by Gasteiger charge is 2.23. The van der Waals surface area contributed by atoms with Crippen LogP contribution in [0, 0.1) is 5.21 Å². The van der Waals surface area contributed by atoms with Gasteiger partial charge in [-0.25, -0.2) is 0 Å². The van der Waals surface area contributed by atoms with Crippen molar-refractivity contribution in [2.24, 2.45) is 0 Å². The Morgan fingerprint density at radius 1 is 1.29 bits per heavy atom. The molecule has 86 valence electrons. The van der Waals surface area contributed by atoms with Crippen LogP contribution in [0.3, 0.4) is 0 Å². The van der Waals surface area contributed by atoms with Gasteiger partial charge in [0.25, 0.3) is 0 Å². The van der Waals surface area contributed by atoms with Gasteiger partial charge in [0.15, 0.2) is 0 Å². The summed E-state index contributed by atoms with van der Waals surface area (Å²) in [6.07, 6.45) is 3.62. The Morgan fingerprint density at radius 2 is 1.79 bits per heavy atom. The molecule has 0 aromatic carbocycles. The third-order valence-corrected chi connectivity index (χ3v) is 2.93. The van der Waals surface area contributed by atoms with Gasteiger partial charge < -0.3 is 10.0 Å². The summed E-state index contributed by atoms with van der Waals surface area (Å²) in [4.78, 5) is 5.32. The SMILES string of the molecule is CCCC(C)ON([O-])C(C)(CC)CC. The fourth-order valence-electron chi connectivity index (χ4n) is 1.26. The Labute approximate surface area is 88.0 Å². The first-order chi connectivity index (χ1) is 6.50. The average Bonchev–Trinajstić information content (AvgIpc) is 2.16. The monoisotopic (exact) mass is 202 g/mol. The fourth-order valence-corrected chi connectivity index (χ4v) is 1.26. The van der Waals surface area contributed by atoms with E-state index in [1.807, 2.05) is 27.7 Å². The smallest absolute Gasteiger partial charge is 0.0753 e. The van der Waals surface area contributed by atoms with E-state index in [9.17, 15) is 5.21 Å². The van der Waals surface area contributed by atoms with Gasteiger partial charge in [0, 0.05) is 5.54 Å². The van der Waals surface area contributed by atoms with Gasteiger partial charge in [0.05, 0.1) is 6.10 Å². The molecule has 0 aliphatic carbocycles. The van der Waals surface area contributed by atoms with Gasteiger partial charge in [-0.3, -0.25) is 5.23 Å². The molecule has 0 saturated heterocycles. The molecule has 0 bridgehead atoms. The highest BCUT2D eigenvalue weighted by atomic mass is 16.9. The lowest BCUT2D eigenvalue weighted by Crippen LogP contribution is -2.43. The second kappa shape index (κ2) is 6.38. The van der Waals surface area contributed by atoms with Gasteiger partial charge in [0.2, 0.25) is 0 Å². The molecule has 0 N–H and O–H groups in total. The maximum atomic E-state index is 11.7. The molecule has 3 nitrogen and oxygen atoms in total. The van der Waals surface area contributed by atoms with Crippen LogP contribution >= 0.6 is 0 Å². The van der Waals surface area contributed by atoms with E-state index in [2.05, 4.69) is 6.92 Å². The van der Waals surface area contributed by atoms with Crippen molar-refractivity contribution in [2.45, 2.75) is 71.9 Å². The maximum Gasteiger partial charge on any atom is 0.0753 e. The van der Waals surface area contributed by atoms with Crippen molar-refractivity contribution in [3.05, 3.63) is 5.21 Å². The lowest BCUT2D eigenvalue weighted by atomic mass is 9.97. The zero-order valence-corrected chi connectivity index (χ0v) is 10.2. The van der Waals surface area contributed by atoms with E-state index in [1.54, 1.807) is 0 Å². The van der Waals surface area contributed by atoms with Crippen molar-refractivity contribution in [1.29, 1.82) is 0 Å². The normalized spacial score (nSPS) is 14.8. The predicted octanol–water partition coefficient (Wildman–Crippen LogP) is 3.49. The van der Waals surface area contributed by atoms with Gasteiger partial charge in [-0.2, -0.15) is 0 Å². The second-order valence-corrected chi connectivity index (χ2v) is 4.17. The molecule has 14 heavy (non-hydrogen) atoms. The Bertz CT molecular complexity index is 146. The van der Waals surface area contributed by atoms with Crippen molar-refractivity contribution in [1.82, 2.24) is 5.23 Å². The summed E-state index contributed by atoms with van der Waals surface area (Å²) in [6, 6.07) is 0. The summed E-state index contributed by atoms with van der Waals surface area (Å²) in [5.41, 5.74) is -0.373. The van der Waals surface area contributed by atoms with Gasteiger partial charge in [0.1, 0.15) is 0 Å². The van der Waals surface area contributed by atoms with Crippen molar-refractivity contribution in [3.63, 3.8) is 0 Å². The molecule has 3 heteroatoms. The highest BCUT2D eigenvalue weighted by molar-refractivity contribution is 4.79. The fraction of sp³-hybridized carbons (Fsp3) is 1.00. The van der Waals surface area contributed by atoms with Crippen LogP contribution in [0.15, 0.2) is 0 Å². The number of nitrogens with zero attached hydrogens (tertiary/aromatic N) is 1. The van der Waals surface area contributed by atoms with Crippen LogP contribution in [0.25, 0.3) is 0 Å². The molecule has 0 heterocycles. The van der Waals surface area contributed by atoms with Crippen LogP contribution in [-0.4, -0.2) is 16.9 Å². The molecular formula is C11H24NO2-. The largest absolute Gasteiger partial charge is 0.762 e. The average molecular weight is 202 g/mol.